The van der Waals surface area contributed by atoms with E-state index in [1.54, 1.807) is 24.5 Å². The molecule has 0 saturated carbocycles. The first kappa shape index (κ1) is 14.4. The second kappa shape index (κ2) is 5.00. The highest BCUT2D eigenvalue weighted by Gasteiger charge is 2.49. The lowest BCUT2D eigenvalue weighted by Gasteiger charge is -2.25. The quantitative estimate of drug-likeness (QED) is 0.730. The average molecular weight is 338 g/mol. The standard InChI is InChI=1S/C19H14O6/c1-21-19(9-11-2-4-15-16(8-11)24-10-23-15)18(20)13-3-5-14-12(6-7-22-14)17(13)25-19/h2-8H,9-10H2,1H3/t19-/m1/s1. The van der Waals surface area contributed by atoms with Crippen LogP contribution in [0.25, 0.3) is 11.0 Å². The zero-order valence-corrected chi connectivity index (χ0v) is 13.4. The van der Waals surface area contributed by atoms with Crippen molar-refractivity contribution in [2.75, 3.05) is 13.9 Å². The first-order chi connectivity index (χ1) is 12.2. The Labute approximate surface area is 142 Å². The third-order valence-electron chi connectivity index (χ3n) is 4.65. The third kappa shape index (κ3) is 1.97. The molecule has 2 aliphatic rings. The Morgan fingerprint density at radius 3 is 2.88 bits per heavy atom. The summed E-state index contributed by atoms with van der Waals surface area (Å²) in [7, 11) is 1.48. The molecule has 0 radical (unpaired) electrons. The lowest BCUT2D eigenvalue weighted by atomic mass is 9.98. The molecule has 1 atom stereocenters. The molecular weight excluding hydrogens is 324 g/mol. The minimum absolute atomic E-state index is 0.202. The molecule has 25 heavy (non-hydrogen) atoms. The van der Waals surface area contributed by atoms with Crippen molar-refractivity contribution in [3.63, 3.8) is 0 Å². The second-order valence-electron chi connectivity index (χ2n) is 6.03. The molecule has 3 heterocycles. The van der Waals surface area contributed by atoms with E-state index in [1.165, 1.54) is 7.11 Å². The molecule has 2 aromatic carbocycles. The van der Waals surface area contributed by atoms with Gasteiger partial charge in [0, 0.05) is 13.5 Å². The van der Waals surface area contributed by atoms with Gasteiger partial charge in [-0.05, 0) is 35.9 Å². The van der Waals surface area contributed by atoms with Gasteiger partial charge in [-0.15, -0.1) is 0 Å². The smallest absolute Gasteiger partial charge is 0.279 e. The number of rotatable bonds is 3. The molecule has 3 aromatic rings. The predicted octanol–water partition coefficient (Wildman–Crippen LogP) is 3.32. The molecule has 6 nitrogen and oxygen atoms in total. The molecule has 5 rings (SSSR count). The number of furan rings is 1. The van der Waals surface area contributed by atoms with E-state index >= 15 is 0 Å². The first-order valence-corrected chi connectivity index (χ1v) is 7.88. The van der Waals surface area contributed by atoms with E-state index in [2.05, 4.69) is 0 Å². The fourth-order valence-corrected chi connectivity index (χ4v) is 3.37. The number of hydrogen-bond acceptors (Lipinski definition) is 6. The van der Waals surface area contributed by atoms with Gasteiger partial charge >= 0.3 is 0 Å². The second-order valence-corrected chi connectivity index (χ2v) is 6.03. The Kier molecular flexibility index (Phi) is 2.87. The normalized spacial score (nSPS) is 20.8. The van der Waals surface area contributed by atoms with Gasteiger partial charge in [-0.2, -0.15) is 0 Å². The predicted molar refractivity (Wildman–Crippen MR) is 87.2 cm³/mol. The molecule has 0 spiro atoms. The van der Waals surface area contributed by atoms with Crippen LogP contribution >= 0.6 is 0 Å². The lowest BCUT2D eigenvalue weighted by molar-refractivity contribution is -0.116. The van der Waals surface area contributed by atoms with E-state index in [4.69, 9.17) is 23.4 Å². The maximum absolute atomic E-state index is 13.0. The Hall–Kier alpha value is -2.99. The van der Waals surface area contributed by atoms with Gasteiger partial charge in [-0.25, -0.2) is 0 Å². The van der Waals surface area contributed by atoms with Crippen LogP contribution in [0.3, 0.4) is 0 Å². The van der Waals surface area contributed by atoms with E-state index in [9.17, 15) is 4.79 Å². The van der Waals surface area contributed by atoms with Crippen molar-refractivity contribution >= 4 is 16.8 Å². The van der Waals surface area contributed by atoms with Crippen molar-refractivity contribution in [3.05, 3.63) is 53.8 Å². The van der Waals surface area contributed by atoms with Crippen molar-refractivity contribution < 1.29 is 28.2 Å². The lowest BCUT2D eigenvalue weighted by Crippen LogP contribution is -2.44. The Morgan fingerprint density at radius 2 is 2.00 bits per heavy atom. The highest BCUT2D eigenvalue weighted by Crippen LogP contribution is 2.43. The minimum Gasteiger partial charge on any atom is -0.464 e. The van der Waals surface area contributed by atoms with Crippen LogP contribution in [0.15, 0.2) is 47.1 Å². The number of methoxy groups -OCH3 is 1. The molecule has 0 amide bonds. The van der Waals surface area contributed by atoms with Gasteiger partial charge in [0.2, 0.25) is 12.6 Å². The fraction of sp³-hybridized carbons (Fsp3) is 0.211. The average Bonchev–Trinajstić information content (AvgIpc) is 3.33. The summed E-state index contributed by atoms with van der Waals surface area (Å²) in [5.41, 5.74) is 2.02. The van der Waals surface area contributed by atoms with Crippen LogP contribution in [0.1, 0.15) is 15.9 Å². The number of ether oxygens (including phenoxy) is 4. The zero-order valence-electron chi connectivity index (χ0n) is 13.4. The maximum Gasteiger partial charge on any atom is 0.279 e. The third-order valence-corrected chi connectivity index (χ3v) is 4.65. The molecule has 2 aliphatic heterocycles. The largest absolute Gasteiger partial charge is 0.464 e. The Bertz CT molecular complexity index is 1000. The Morgan fingerprint density at radius 1 is 1.12 bits per heavy atom. The van der Waals surface area contributed by atoms with Crippen molar-refractivity contribution in [3.8, 4) is 17.2 Å². The summed E-state index contributed by atoms with van der Waals surface area (Å²) in [6.45, 7) is 0.202. The first-order valence-electron chi connectivity index (χ1n) is 7.88. The molecule has 0 saturated heterocycles. The Balaban J connectivity index is 1.55. The summed E-state index contributed by atoms with van der Waals surface area (Å²) < 4.78 is 27.7. The number of ketones is 1. The topological polar surface area (TPSA) is 67.1 Å². The molecule has 0 aliphatic carbocycles. The van der Waals surface area contributed by atoms with E-state index in [1.807, 2.05) is 18.2 Å². The van der Waals surface area contributed by atoms with Gasteiger partial charge in [0.05, 0.1) is 17.2 Å². The maximum atomic E-state index is 13.0. The monoisotopic (exact) mass is 338 g/mol. The van der Waals surface area contributed by atoms with Crippen molar-refractivity contribution in [2.45, 2.75) is 12.2 Å². The SMILES string of the molecule is CO[C@]1(Cc2ccc3c(c2)OCO3)Oc2c(ccc3occc23)C1=O. The van der Waals surface area contributed by atoms with E-state index in [0.717, 1.165) is 10.9 Å². The van der Waals surface area contributed by atoms with Crippen LogP contribution in [0.4, 0.5) is 0 Å². The van der Waals surface area contributed by atoms with Gasteiger partial charge in [0.25, 0.3) is 5.79 Å². The fourth-order valence-electron chi connectivity index (χ4n) is 3.37. The zero-order chi connectivity index (χ0) is 17.0. The number of carbonyl (C=O) groups is 1. The summed E-state index contributed by atoms with van der Waals surface area (Å²) in [5.74, 6) is 0.243. The van der Waals surface area contributed by atoms with Crippen molar-refractivity contribution in [2.24, 2.45) is 0 Å². The van der Waals surface area contributed by atoms with Crippen molar-refractivity contribution in [1.29, 1.82) is 0 Å². The molecule has 6 heteroatoms. The number of Topliss-reactive ketones (excluding diaryl/α,β-unsaturated/α-hetero) is 1. The summed E-state index contributed by atoms with van der Waals surface area (Å²) in [6.07, 6.45) is 1.83. The summed E-state index contributed by atoms with van der Waals surface area (Å²) in [6, 6.07) is 10.8. The highest BCUT2D eigenvalue weighted by molar-refractivity contribution is 6.11. The van der Waals surface area contributed by atoms with E-state index < -0.39 is 5.79 Å². The summed E-state index contributed by atoms with van der Waals surface area (Å²) in [4.78, 5) is 13.0. The minimum atomic E-state index is -1.40. The van der Waals surface area contributed by atoms with Crippen LogP contribution in [-0.2, 0) is 11.2 Å². The van der Waals surface area contributed by atoms with Gasteiger partial charge in [-0.3, -0.25) is 4.79 Å². The van der Waals surface area contributed by atoms with Gasteiger partial charge in [0.1, 0.15) is 11.3 Å². The molecule has 0 N–H and O–H groups in total. The van der Waals surface area contributed by atoms with Crippen LogP contribution in [-0.4, -0.2) is 25.5 Å². The van der Waals surface area contributed by atoms with E-state index in [0.29, 0.717) is 28.4 Å². The van der Waals surface area contributed by atoms with Crippen LogP contribution in [0.2, 0.25) is 0 Å². The number of hydrogen-bond donors (Lipinski definition) is 0. The van der Waals surface area contributed by atoms with Crippen LogP contribution in [0, 0.1) is 0 Å². The van der Waals surface area contributed by atoms with Crippen LogP contribution < -0.4 is 14.2 Å². The van der Waals surface area contributed by atoms with Gasteiger partial charge in [-0.1, -0.05) is 6.07 Å². The van der Waals surface area contributed by atoms with Gasteiger partial charge in [0.15, 0.2) is 11.5 Å². The van der Waals surface area contributed by atoms with Crippen molar-refractivity contribution in [1.82, 2.24) is 0 Å². The molecule has 1 aromatic heterocycles. The highest BCUT2D eigenvalue weighted by atomic mass is 16.7. The number of benzene rings is 2. The number of carbonyl (C=O) groups excluding carboxylic acids is 1. The van der Waals surface area contributed by atoms with Crippen LogP contribution in [0.5, 0.6) is 17.2 Å². The van der Waals surface area contributed by atoms with Gasteiger partial charge < -0.3 is 23.4 Å². The molecule has 126 valence electrons. The summed E-state index contributed by atoms with van der Waals surface area (Å²) >= 11 is 0. The molecule has 0 unspecified atom stereocenters. The number of fused-ring (bicyclic) bond motifs is 4. The molecular formula is C19H14O6. The molecule has 0 fully saturated rings. The van der Waals surface area contributed by atoms with E-state index in [-0.39, 0.29) is 19.0 Å². The summed E-state index contributed by atoms with van der Waals surface area (Å²) in [5, 5.41) is 0.760. The molecule has 0 bridgehead atoms.